The Kier molecular flexibility index (Phi) is 17.9. The molecule has 0 atom stereocenters. The molecule has 0 amide bonds. The van der Waals surface area contributed by atoms with Gasteiger partial charge in [0, 0.05) is 5.33 Å². The van der Waals surface area contributed by atoms with Gasteiger partial charge in [0.25, 0.3) is 0 Å². The molecule has 0 N–H and O–H groups in total. The molecule has 0 saturated carbocycles. The van der Waals surface area contributed by atoms with Gasteiger partial charge in [-0.3, -0.25) is 0 Å². The zero-order valence-electron chi connectivity index (χ0n) is 12.9. The second-order valence-corrected chi connectivity index (χ2v) is 6.07. The quantitative estimate of drug-likeness (QED) is 0.180. The molecule has 0 saturated heterocycles. The molecule has 1 heteroatoms. The van der Waals surface area contributed by atoms with Crippen molar-refractivity contribution in [3.05, 3.63) is 24.3 Å². The van der Waals surface area contributed by atoms with Crippen molar-refractivity contribution in [1.82, 2.24) is 0 Å². The van der Waals surface area contributed by atoms with Crippen LogP contribution in [0.15, 0.2) is 24.3 Å². The first kappa shape index (κ1) is 19.0. The Balaban J connectivity index is 3.12. The lowest BCUT2D eigenvalue weighted by Gasteiger charge is -1.98. The van der Waals surface area contributed by atoms with Gasteiger partial charge in [-0.05, 0) is 38.5 Å². The van der Waals surface area contributed by atoms with Crippen LogP contribution in [0.3, 0.4) is 0 Å². The second kappa shape index (κ2) is 18.0. The number of alkyl halides is 1. The summed E-state index contributed by atoms with van der Waals surface area (Å²) in [4.78, 5) is 0. The van der Waals surface area contributed by atoms with E-state index in [4.69, 9.17) is 0 Å². The number of unbranched alkanes of at least 4 members (excludes halogenated alkanes) is 9. The minimum Gasteiger partial charge on any atom is -0.0928 e. The van der Waals surface area contributed by atoms with Gasteiger partial charge in [-0.2, -0.15) is 0 Å². The van der Waals surface area contributed by atoms with Gasteiger partial charge in [0.1, 0.15) is 0 Å². The van der Waals surface area contributed by atoms with E-state index in [9.17, 15) is 0 Å². The van der Waals surface area contributed by atoms with E-state index in [0.717, 1.165) is 6.42 Å². The van der Waals surface area contributed by atoms with Crippen molar-refractivity contribution in [3.63, 3.8) is 0 Å². The molecule has 19 heavy (non-hydrogen) atoms. The van der Waals surface area contributed by atoms with Gasteiger partial charge in [-0.25, -0.2) is 0 Å². The topological polar surface area (TPSA) is 0 Å². The highest BCUT2D eigenvalue weighted by atomic mass is 79.9. The van der Waals surface area contributed by atoms with E-state index in [2.05, 4.69) is 47.2 Å². The highest BCUT2D eigenvalue weighted by Gasteiger charge is 1.89. The molecule has 0 aromatic rings. The van der Waals surface area contributed by atoms with Crippen LogP contribution in [0.2, 0.25) is 0 Å². The molecule has 0 aromatic heterocycles. The summed E-state index contributed by atoms with van der Waals surface area (Å²) in [5.74, 6) is 0. The van der Waals surface area contributed by atoms with Crippen LogP contribution in [0.25, 0.3) is 0 Å². The van der Waals surface area contributed by atoms with Crippen molar-refractivity contribution in [3.8, 4) is 0 Å². The van der Waals surface area contributed by atoms with Crippen LogP contribution in [-0.2, 0) is 0 Å². The average Bonchev–Trinajstić information content (AvgIpc) is 2.43. The van der Waals surface area contributed by atoms with Crippen molar-refractivity contribution in [2.75, 3.05) is 5.33 Å². The van der Waals surface area contributed by atoms with Gasteiger partial charge in [0.05, 0.1) is 0 Å². The highest BCUT2D eigenvalue weighted by Crippen LogP contribution is 2.08. The molecule has 0 rings (SSSR count). The van der Waals surface area contributed by atoms with E-state index in [0.29, 0.717) is 0 Å². The number of halogens is 1. The fourth-order valence-electron chi connectivity index (χ4n) is 2.08. The first-order valence-corrected chi connectivity index (χ1v) is 9.40. The summed E-state index contributed by atoms with van der Waals surface area (Å²) >= 11 is 3.48. The van der Waals surface area contributed by atoms with Crippen LogP contribution in [0.1, 0.15) is 84.0 Å². The Hall–Kier alpha value is -0.0400. The summed E-state index contributed by atoms with van der Waals surface area (Å²) in [6.45, 7) is 2.26. The fraction of sp³-hybridized carbons (Fsp3) is 0.778. The molecule has 0 aromatic carbocycles. The monoisotopic (exact) mass is 328 g/mol. The molecule has 0 aliphatic carbocycles. The lowest BCUT2D eigenvalue weighted by atomic mass is 10.1. The summed E-state index contributed by atoms with van der Waals surface area (Å²) in [7, 11) is 0. The number of hydrogen-bond acceptors (Lipinski definition) is 0. The third-order valence-electron chi connectivity index (χ3n) is 3.33. The molecule has 0 fully saturated rings. The third-order valence-corrected chi connectivity index (χ3v) is 3.89. The summed E-state index contributed by atoms with van der Waals surface area (Å²) in [5, 5.41) is 1.17. The molecule has 0 nitrogen and oxygen atoms in total. The fourth-order valence-corrected chi connectivity index (χ4v) is 2.48. The third kappa shape index (κ3) is 18.0. The van der Waals surface area contributed by atoms with Gasteiger partial charge in [0.2, 0.25) is 0 Å². The minimum atomic E-state index is 1.12. The Bertz CT molecular complexity index is 206. The largest absolute Gasteiger partial charge is 0.0928 e. The highest BCUT2D eigenvalue weighted by molar-refractivity contribution is 9.09. The maximum Gasteiger partial charge on any atom is 0.00313 e. The summed E-state index contributed by atoms with van der Waals surface area (Å²) in [6.07, 6.45) is 25.3. The maximum atomic E-state index is 3.48. The number of allylic oxidation sites excluding steroid dienone is 4. The van der Waals surface area contributed by atoms with E-state index in [-0.39, 0.29) is 0 Å². The summed E-state index contributed by atoms with van der Waals surface area (Å²) in [6, 6.07) is 0. The van der Waals surface area contributed by atoms with Crippen LogP contribution in [0.4, 0.5) is 0 Å². The van der Waals surface area contributed by atoms with Crippen molar-refractivity contribution in [2.24, 2.45) is 0 Å². The number of hydrogen-bond donors (Lipinski definition) is 0. The predicted molar refractivity (Wildman–Crippen MR) is 93.2 cm³/mol. The van der Waals surface area contributed by atoms with Crippen LogP contribution in [0.5, 0.6) is 0 Å². The Morgan fingerprint density at radius 1 is 0.632 bits per heavy atom. The van der Waals surface area contributed by atoms with Crippen molar-refractivity contribution < 1.29 is 0 Å². The first-order chi connectivity index (χ1) is 9.41. The lowest BCUT2D eigenvalue weighted by Crippen LogP contribution is -1.80. The molecule has 0 unspecified atom stereocenters. The van der Waals surface area contributed by atoms with E-state index >= 15 is 0 Å². The van der Waals surface area contributed by atoms with Gasteiger partial charge in [0.15, 0.2) is 0 Å². The van der Waals surface area contributed by atoms with Crippen molar-refractivity contribution >= 4 is 15.9 Å². The first-order valence-electron chi connectivity index (χ1n) is 8.27. The van der Waals surface area contributed by atoms with Crippen LogP contribution in [-0.4, -0.2) is 5.33 Å². The Morgan fingerprint density at radius 2 is 1.16 bits per heavy atom. The van der Waals surface area contributed by atoms with E-state index in [1.165, 1.54) is 76.0 Å². The molecule has 112 valence electrons. The Labute approximate surface area is 129 Å². The van der Waals surface area contributed by atoms with Gasteiger partial charge in [-0.15, -0.1) is 0 Å². The van der Waals surface area contributed by atoms with Crippen molar-refractivity contribution in [2.45, 2.75) is 84.0 Å². The summed E-state index contributed by atoms with van der Waals surface area (Å²) in [5.41, 5.74) is 0. The van der Waals surface area contributed by atoms with E-state index in [1.54, 1.807) is 0 Å². The van der Waals surface area contributed by atoms with Gasteiger partial charge in [-0.1, -0.05) is 85.7 Å². The zero-order valence-corrected chi connectivity index (χ0v) is 14.5. The molecule has 0 aliphatic heterocycles. The lowest BCUT2D eigenvalue weighted by molar-refractivity contribution is 0.613. The number of rotatable bonds is 14. The van der Waals surface area contributed by atoms with E-state index < -0.39 is 0 Å². The molecular formula is C18H33Br. The normalized spacial score (nSPS) is 11.9. The summed E-state index contributed by atoms with van der Waals surface area (Å²) < 4.78 is 0. The molecule has 0 radical (unpaired) electrons. The van der Waals surface area contributed by atoms with Crippen molar-refractivity contribution in [1.29, 1.82) is 0 Å². The molecule has 0 bridgehead atoms. The molecule has 0 aliphatic rings. The molecule has 0 heterocycles. The Morgan fingerprint density at radius 3 is 1.74 bits per heavy atom. The van der Waals surface area contributed by atoms with Gasteiger partial charge < -0.3 is 0 Å². The zero-order chi connectivity index (χ0) is 14.0. The predicted octanol–water partition coefficient (Wildman–Crippen LogP) is 7.19. The molecule has 0 spiro atoms. The van der Waals surface area contributed by atoms with Crippen LogP contribution in [0, 0.1) is 0 Å². The smallest absolute Gasteiger partial charge is 0.00313 e. The molecular weight excluding hydrogens is 296 g/mol. The van der Waals surface area contributed by atoms with Crippen LogP contribution < -0.4 is 0 Å². The maximum absolute atomic E-state index is 3.48. The standard InChI is InChI=1S/C18H33Br/c1-2-3-4-5-6-7-8-9-10-11-12-13-14-15-16-17-18-19/h6-7,9-10H,2-5,8,11-18H2,1H3/b7-6+,10-9+. The minimum absolute atomic E-state index is 1.12. The van der Waals surface area contributed by atoms with Crippen LogP contribution >= 0.6 is 15.9 Å². The van der Waals surface area contributed by atoms with Gasteiger partial charge >= 0.3 is 0 Å². The van der Waals surface area contributed by atoms with E-state index in [1.807, 2.05) is 0 Å². The SMILES string of the molecule is CCCCC/C=C/C/C=C/CCCCCCCCBr. The second-order valence-electron chi connectivity index (χ2n) is 5.27. The average molecular weight is 329 g/mol.